The first kappa shape index (κ1) is 20.3. The van der Waals surface area contributed by atoms with Gasteiger partial charge in [0.25, 0.3) is 5.56 Å². The van der Waals surface area contributed by atoms with Gasteiger partial charge in [0.15, 0.2) is 4.83 Å². The number of ether oxygens (including phenoxy) is 2. The SMILES string of the molecule is COc1ccc(OC)c(NC(=O)C(C)n2nnc3sc4c(c3c2=O)CCC(C)C4)c1. The number of benzene rings is 1. The van der Waals surface area contributed by atoms with Crippen molar-refractivity contribution >= 4 is 33.1 Å². The van der Waals surface area contributed by atoms with Crippen molar-refractivity contribution in [2.24, 2.45) is 5.92 Å². The lowest BCUT2D eigenvalue weighted by Gasteiger charge is -2.18. The molecular weight excluding hydrogens is 404 g/mol. The molecule has 2 atom stereocenters. The molecule has 0 fully saturated rings. The smallest absolute Gasteiger partial charge is 0.279 e. The molecule has 4 rings (SSSR count). The molecule has 0 saturated carbocycles. The van der Waals surface area contributed by atoms with Gasteiger partial charge in [-0.3, -0.25) is 9.59 Å². The Morgan fingerprint density at radius 1 is 1.33 bits per heavy atom. The van der Waals surface area contributed by atoms with E-state index in [1.54, 1.807) is 43.6 Å². The van der Waals surface area contributed by atoms with Crippen molar-refractivity contribution in [3.8, 4) is 11.5 Å². The van der Waals surface area contributed by atoms with E-state index in [9.17, 15) is 9.59 Å². The van der Waals surface area contributed by atoms with Gasteiger partial charge in [-0.2, -0.15) is 4.68 Å². The third kappa shape index (κ3) is 3.54. The van der Waals surface area contributed by atoms with Crippen LogP contribution in [0.1, 0.15) is 36.8 Å². The number of thiophene rings is 1. The number of anilines is 1. The number of hydrogen-bond acceptors (Lipinski definition) is 7. The average molecular weight is 429 g/mol. The number of amides is 1. The third-order valence-electron chi connectivity index (χ3n) is 5.56. The maximum absolute atomic E-state index is 13.2. The van der Waals surface area contributed by atoms with E-state index in [2.05, 4.69) is 22.6 Å². The summed E-state index contributed by atoms with van der Waals surface area (Å²) in [6.45, 7) is 3.85. The van der Waals surface area contributed by atoms with Crippen LogP contribution in [0.25, 0.3) is 10.2 Å². The molecule has 0 aliphatic heterocycles. The summed E-state index contributed by atoms with van der Waals surface area (Å²) >= 11 is 1.54. The molecule has 2 aromatic heterocycles. The van der Waals surface area contributed by atoms with Gasteiger partial charge in [-0.15, -0.1) is 16.4 Å². The fraction of sp³-hybridized carbons (Fsp3) is 0.429. The molecule has 2 unspecified atom stereocenters. The summed E-state index contributed by atoms with van der Waals surface area (Å²) in [4.78, 5) is 28.0. The highest BCUT2D eigenvalue weighted by atomic mass is 32.1. The summed E-state index contributed by atoms with van der Waals surface area (Å²) < 4.78 is 11.7. The normalized spacial score (nSPS) is 16.7. The lowest BCUT2D eigenvalue weighted by molar-refractivity contribution is -0.119. The monoisotopic (exact) mass is 428 g/mol. The fourth-order valence-electron chi connectivity index (χ4n) is 3.78. The molecule has 1 N–H and O–H groups in total. The highest BCUT2D eigenvalue weighted by Crippen LogP contribution is 2.35. The summed E-state index contributed by atoms with van der Waals surface area (Å²) in [5, 5.41) is 11.7. The highest BCUT2D eigenvalue weighted by molar-refractivity contribution is 7.18. The van der Waals surface area contributed by atoms with E-state index < -0.39 is 11.9 Å². The van der Waals surface area contributed by atoms with Crippen LogP contribution in [0.4, 0.5) is 5.69 Å². The van der Waals surface area contributed by atoms with Gasteiger partial charge in [-0.25, -0.2) is 0 Å². The first-order valence-corrected chi connectivity index (χ1v) is 10.7. The molecule has 0 spiro atoms. The summed E-state index contributed by atoms with van der Waals surface area (Å²) in [5.41, 5.74) is 1.26. The van der Waals surface area contributed by atoms with Gasteiger partial charge < -0.3 is 14.8 Å². The second-order valence-electron chi connectivity index (χ2n) is 7.60. The number of hydrogen-bond donors (Lipinski definition) is 1. The number of nitrogens with zero attached hydrogens (tertiary/aromatic N) is 3. The minimum atomic E-state index is -0.844. The van der Waals surface area contributed by atoms with E-state index >= 15 is 0 Å². The van der Waals surface area contributed by atoms with E-state index in [0.29, 0.717) is 33.3 Å². The van der Waals surface area contributed by atoms with Crippen LogP contribution in [0.2, 0.25) is 0 Å². The minimum absolute atomic E-state index is 0.271. The van der Waals surface area contributed by atoms with Crippen LogP contribution in [-0.4, -0.2) is 35.1 Å². The molecule has 30 heavy (non-hydrogen) atoms. The van der Waals surface area contributed by atoms with Crippen molar-refractivity contribution in [3.63, 3.8) is 0 Å². The number of methoxy groups -OCH3 is 2. The summed E-state index contributed by atoms with van der Waals surface area (Å²) in [6, 6.07) is 4.26. The minimum Gasteiger partial charge on any atom is -0.497 e. The van der Waals surface area contributed by atoms with Crippen molar-refractivity contribution < 1.29 is 14.3 Å². The zero-order chi connectivity index (χ0) is 21.4. The van der Waals surface area contributed by atoms with Gasteiger partial charge in [0, 0.05) is 10.9 Å². The molecular formula is C21H24N4O4S. The third-order valence-corrected chi connectivity index (χ3v) is 6.70. The van der Waals surface area contributed by atoms with Crippen molar-refractivity contribution in [2.45, 2.75) is 39.2 Å². The van der Waals surface area contributed by atoms with Gasteiger partial charge >= 0.3 is 0 Å². The molecule has 1 aliphatic rings. The summed E-state index contributed by atoms with van der Waals surface area (Å²) in [5.74, 6) is 1.28. The Kier molecular flexibility index (Phi) is 5.46. The lowest BCUT2D eigenvalue weighted by atomic mass is 9.89. The van der Waals surface area contributed by atoms with Crippen LogP contribution in [0, 0.1) is 5.92 Å². The topological polar surface area (TPSA) is 95.3 Å². The summed E-state index contributed by atoms with van der Waals surface area (Å²) in [7, 11) is 3.06. The molecule has 9 heteroatoms. The van der Waals surface area contributed by atoms with Gasteiger partial charge in [0.2, 0.25) is 5.91 Å². The second-order valence-corrected chi connectivity index (χ2v) is 8.69. The van der Waals surface area contributed by atoms with Crippen molar-refractivity contribution in [1.82, 2.24) is 15.0 Å². The fourth-order valence-corrected chi connectivity index (χ4v) is 5.10. The van der Waals surface area contributed by atoms with Crippen LogP contribution in [0.15, 0.2) is 23.0 Å². The molecule has 1 aliphatic carbocycles. The van der Waals surface area contributed by atoms with Gasteiger partial charge in [0.05, 0.1) is 25.3 Å². The van der Waals surface area contributed by atoms with Crippen molar-refractivity contribution in [2.75, 3.05) is 19.5 Å². The van der Waals surface area contributed by atoms with E-state index in [1.807, 2.05) is 0 Å². The number of carbonyl (C=O) groups is 1. The van der Waals surface area contributed by atoms with E-state index in [4.69, 9.17) is 9.47 Å². The molecule has 2 heterocycles. The largest absolute Gasteiger partial charge is 0.497 e. The van der Waals surface area contributed by atoms with E-state index in [-0.39, 0.29) is 5.56 Å². The maximum Gasteiger partial charge on any atom is 0.279 e. The van der Waals surface area contributed by atoms with Crippen LogP contribution in [0.3, 0.4) is 0 Å². The Hall–Kier alpha value is -2.94. The summed E-state index contributed by atoms with van der Waals surface area (Å²) in [6.07, 6.45) is 2.87. The van der Waals surface area contributed by atoms with Gasteiger partial charge in [0.1, 0.15) is 17.5 Å². The van der Waals surface area contributed by atoms with Crippen LogP contribution < -0.4 is 20.3 Å². The molecule has 0 radical (unpaired) electrons. The molecule has 3 aromatic rings. The number of nitrogens with one attached hydrogen (secondary N) is 1. The predicted molar refractivity (Wildman–Crippen MR) is 116 cm³/mol. The quantitative estimate of drug-likeness (QED) is 0.671. The van der Waals surface area contributed by atoms with Crippen LogP contribution in [0.5, 0.6) is 11.5 Å². The average Bonchev–Trinajstić information content (AvgIpc) is 3.11. The zero-order valence-electron chi connectivity index (χ0n) is 17.4. The standard InChI is InChI=1S/C21H24N4O4S/c1-11-5-7-14-17(9-11)30-20-18(14)21(27)25(24-23-20)12(2)19(26)22-15-10-13(28-3)6-8-16(15)29-4/h6,8,10-12H,5,7,9H2,1-4H3,(H,22,26). The van der Waals surface area contributed by atoms with E-state index in [0.717, 1.165) is 29.5 Å². The highest BCUT2D eigenvalue weighted by Gasteiger charge is 2.26. The van der Waals surface area contributed by atoms with Crippen molar-refractivity contribution in [1.29, 1.82) is 0 Å². The molecule has 0 bridgehead atoms. The molecule has 0 saturated heterocycles. The Labute approximate surface area is 177 Å². The Balaban J connectivity index is 1.67. The Morgan fingerprint density at radius 2 is 2.13 bits per heavy atom. The number of aryl methyl sites for hydroxylation is 1. The maximum atomic E-state index is 13.2. The lowest BCUT2D eigenvalue weighted by Crippen LogP contribution is -2.34. The van der Waals surface area contributed by atoms with Gasteiger partial charge in [-0.05, 0) is 49.8 Å². The number of rotatable bonds is 5. The Morgan fingerprint density at radius 3 is 2.87 bits per heavy atom. The Bertz CT molecular complexity index is 1170. The molecule has 1 aromatic carbocycles. The van der Waals surface area contributed by atoms with Gasteiger partial charge in [-0.1, -0.05) is 12.1 Å². The number of aromatic nitrogens is 3. The number of fused-ring (bicyclic) bond motifs is 3. The molecule has 8 nitrogen and oxygen atoms in total. The van der Waals surface area contributed by atoms with Crippen LogP contribution >= 0.6 is 11.3 Å². The first-order valence-electron chi connectivity index (χ1n) is 9.85. The predicted octanol–water partition coefficient (Wildman–Crippen LogP) is 3.19. The van der Waals surface area contributed by atoms with Crippen molar-refractivity contribution in [3.05, 3.63) is 39.0 Å². The zero-order valence-corrected chi connectivity index (χ0v) is 18.2. The number of carbonyl (C=O) groups excluding carboxylic acids is 1. The molecule has 158 valence electrons. The molecule has 1 amide bonds. The van der Waals surface area contributed by atoms with Crippen LogP contribution in [-0.2, 0) is 17.6 Å². The second kappa shape index (κ2) is 8.06. The van der Waals surface area contributed by atoms with E-state index in [1.165, 1.54) is 12.0 Å². The first-order chi connectivity index (χ1) is 14.4.